The largest absolute Gasteiger partial charge is 0.416 e. The van der Waals surface area contributed by atoms with Crippen molar-refractivity contribution >= 4 is 29.6 Å². The summed E-state index contributed by atoms with van der Waals surface area (Å²) in [6.45, 7) is 3.18. The highest BCUT2D eigenvalue weighted by Crippen LogP contribution is 2.29. The molecule has 0 saturated carbocycles. The number of benzene rings is 2. The van der Waals surface area contributed by atoms with E-state index in [2.05, 4.69) is 25.4 Å². The number of carbonyl (C=O) groups excluding carboxylic acids is 3. The van der Waals surface area contributed by atoms with Gasteiger partial charge < -0.3 is 15.5 Å². The number of nitrogens with one attached hydrogen (secondary N) is 2. The monoisotopic (exact) mass is 543 g/mol. The van der Waals surface area contributed by atoms with Crippen molar-refractivity contribution in [1.29, 1.82) is 0 Å². The van der Waals surface area contributed by atoms with Gasteiger partial charge in [-0.05, 0) is 68.3 Å². The Labute approximate surface area is 225 Å². The molecule has 0 bridgehead atoms. The average Bonchev–Trinajstić information content (AvgIpc) is 3.43. The highest BCUT2D eigenvalue weighted by molar-refractivity contribution is 5.97. The summed E-state index contributed by atoms with van der Waals surface area (Å²) in [5.41, 5.74) is 0.649. The Hall–Kier alpha value is -3.73. The van der Waals surface area contributed by atoms with E-state index in [0.717, 1.165) is 69.3 Å². The molecule has 1 unspecified atom stereocenters. The summed E-state index contributed by atoms with van der Waals surface area (Å²) in [6, 6.07) is 12.1. The van der Waals surface area contributed by atoms with Gasteiger partial charge in [0.25, 0.3) is 17.7 Å². The molecule has 0 spiro atoms. The van der Waals surface area contributed by atoms with E-state index in [4.69, 9.17) is 0 Å². The summed E-state index contributed by atoms with van der Waals surface area (Å²) >= 11 is 0. The Morgan fingerprint density at radius 1 is 0.974 bits per heavy atom. The molecule has 8 nitrogen and oxygen atoms in total. The maximum Gasteiger partial charge on any atom is 0.416 e. The fourth-order valence-corrected chi connectivity index (χ4v) is 5.05. The third-order valence-corrected chi connectivity index (χ3v) is 7.24. The lowest BCUT2D eigenvalue weighted by molar-refractivity contribution is -0.137. The van der Waals surface area contributed by atoms with Crippen LogP contribution >= 0.6 is 0 Å². The topological polar surface area (TPSA) is 94.1 Å². The van der Waals surface area contributed by atoms with E-state index in [1.165, 1.54) is 6.07 Å². The Morgan fingerprint density at radius 3 is 2.36 bits per heavy atom. The maximum atomic E-state index is 12.9. The highest BCUT2D eigenvalue weighted by Gasteiger charge is 2.31. The van der Waals surface area contributed by atoms with Gasteiger partial charge in [0.2, 0.25) is 0 Å². The number of carbonyl (C=O) groups is 3. The molecule has 4 rings (SSSR count). The van der Waals surface area contributed by atoms with Crippen molar-refractivity contribution in [2.75, 3.05) is 44.7 Å². The van der Waals surface area contributed by atoms with Crippen LogP contribution in [0.25, 0.3) is 0 Å². The molecule has 2 N–H and O–H groups in total. The summed E-state index contributed by atoms with van der Waals surface area (Å²) < 4.78 is 38.6. The van der Waals surface area contributed by atoms with Crippen molar-refractivity contribution in [3.05, 3.63) is 65.2 Å². The van der Waals surface area contributed by atoms with Crippen molar-refractivity contribution in [3.8, 4) is 0 Å². The number of hydrogen-bond donors (Lipinski definition) is 2. The molecule has 0 aliphatic carbocycles. The molecule has 3 amide bonds. The SMILES string of the molecule is CNC(=O)c1ccc(N2CCC(N3CCC(C=NC(=O)CNC(=O)c4cccc(C(F)(F)F)c4)C3)CC2)cc1. The first-order valence-electron chi connectivity index (χ1n) is 13.0. The number of nitrogens with zero attached hydrogens (tertiary/aromatic N) is 3. The van der Waals surface area contributed by atoms with Gasteiger partial charge in [0, 0.05) is 61.7 Å². The molecular formula is C28H32F3N5O3. The number of likely N-dealkylation sites (tertiary alicyclic amines) is 1. The average molecular weight is 544 g/mol. The van der Waals surface area contributed by atoms with E-state index in [1.807, 2.05) is 24.3 Å². The molecule has 2 aromatic carbocycles. The summed E-state index contributed by atoms with van der Waals surface area (Å²) in [7, 11) is 1.61. The zero-order chi connectivity index (χ0) is 28.0. The minimum Gasteiger partial charge on any atom is -0.371 e. The second-order valence-electron chi connectivity index (χ2n) is 9.82. The summed E-state index contributed by atoms with van der Waals surface area (Å²) in [5.74, 6) is -1.28. The standard InChI is InChI=1S/C28H32F3N5O3/c1-32-26(38)20-5-7-23(8-6-20)35-13-10-24(11-14-35)36-12-9-19(18-36)16-33-25(37)17-34-27(39)21-3-2-4-22(15-21)28(29,30)31/h2-8,15-16,19,24H,9-14,17-18H2,1H3,(H,32,38)(H,34,39). The van der Waals surface area contributed by atoms with Crippen LogP contribution in [0.2, 0.25) is 0 Å². The second-order valence-corrected chi connectivity index (χ2v) is 9.82. The number of halogens is 3. The molecule has 2 aromatic rings. The minimum atomic E-state index is -4.55. The number of alkyl halides is 3. The van der Waals surface area contributed by atoms with E-state index in [9.17, 15) is 27.6 Å². The Kier molecular flexibility index (Phi) is 9.01. The number of aliphatic imine (C=N–C) groups is 1. The normalized spacial score (nSPS) is 18.9. The lowest BCUT2D eigenvalue weighted by Crippen LogP contribution is -2.44. The summed E-state index contributed by atoms with van der Waals surface area (Å²) in [5, 5.41) is 4.96. The van der Waals surface area contributed by atoms with Crippen LogP contribution in [-0.2, 0) is 11.0 Å². The molecule has 1 atom stereocenters. The molecule has 2 aliphatic rings. The van der Waals surface area contributed by atoms with Crippen LogP contribution in [0.5, 0.6) is 0 Å². The number of anilines is 1. The quantitative estimate of drug-likeness (QED) is 0.523. The van der Waals surface area contributed by atoms with Crippen LogP contribution in [0, 0.1) is 5.92 Å². The fraction of sp³-hybridized carbons (Fsp3) is 0.429. The van der Waals surface area contributed by atoms with Crippen LogP contribution in [0.1, 0.15) is 45.5 Å². The Bertz CT molecular complexity index is 1210. The van der Waals surface area contributed by atoms with Crippen LogP contribution in [-0.4, -0.2) is 74.6 Å². The predicted octanol–water partition coefficient (Wildman–Crippen LogP) is 3.38. The molecule has 2 heterocycles. The van der Waals surface area contributed by atoms with Gasteiger partial charge in [-0.25, -0.2) is 4.99 Å². The van der Waals surface area contributed by atoms with E-state index < -0.39 is 23.6 Å². The van der Waals surface area contributed by atoms with Crippen molar-refractivity contribution in [2.45, 2.75) is 31.5 Å². The summed E-state index contributed by atoms with van der Waals surface area (Å²) in [6.07, 6.45) is -0.0106. The van der Waals surface area contributed by atoms with E-state index in [-0.39, 0.29) is 23.9 Å². The molecule has 2 fully saturated rings. The minimum absolute atomic E-state index is 0.103. The van der Waals surface area contributed by atoms with Crippen LogP contribution in [0.3, 0.4) is 0 Å². The fourth-order valence-electron chi connectivity index (χ4n) is 5.05. The predicted molar refractivity (Wildman–Crippen MR) is 142 cm³/mol. The van der Waals surface area contributed by atoms with Gasteiger partial charge in [0.1, 0.15) is 0 Å². The van der Waals surface area contributed by atoms with Crippen LogP contribution in [0.15, 0.2) is 53.5 Å². The molecule has 11 heteroatoms. The number of hydrogen-bond acceptors (Lipinski definition) is 5. The maximum absolute atomic E-state index is 12.9. The highest BCUT2D eigenvalue weighted by atomic mass is 19.4. The van der Waals surface area contributed by atoms with Crippen molar-refractivity contribution < 1.29 is 27.6 Å². The molecule has 0 aromatic heterocycles. The van der Waals surface area contributed by atoms with Crippen molar-refractivity contribution in [2.24, 2.45) is 10.9 Å². The Balaban J connectivity index is 1.19. The third-order valence-electron chi connectivity index (χ3n) is 7.24. The second kappa shape index (κ2) is 12.4. The Morgan fingerprint density at radius 2 is 1.69 bits per heavy atom. The molecule has 2 saturated heterocycles. The third kappa shape index (κ3) is 7.44. The molecule has 39 heavy (non-hydrogen) atoms. The number of rotatable bonds is 7. The lowest BCUT2D eigenvalue weighted by Gasteiger charge is -2.38. The first-order valence-corrected chi connectivity index (χ1v) is 13.0. The van der Waals surface area contributed by atoms with E-state index >= 15 is 0 Å². The van der Waals surface area contributed by atoms with Gasteiger partial charge >= 0.3 is 6.18 Å². The van der Waals surface area contributed by atoms with Gasteiger partial charge in [0.15, 0.2) is 0 Å². The molecule has 208 valence electrons. The van der Waals surface area contributed by atoms with Crippen molar-refractivity contribution in [1.82, 2.24) is 15.5 Å². The molecule has 0 radical (unpaired) electrons. The first-order chi connectivity index (χ1) is 18.6. The van der Waals surface area contributed by atoms with E-state index in [1.54, 1.807) is 13.3 Å². The summed E-state index contributed by atoms with van der Waals surface area (Å²) in [4.78, 5) is 44.8. The van der Waals surface area contributed by atoms with Crippen LogP contribution < -0.4 is 15.5 Å². The molecular weight excluding hydrogens is 511 g/mol. The number of piperidine rings is 1. The smallest absolute Gasteiger partial charge is 0.371 e. The van der Waals surface area contributed by atoms with Crippen molar-refractivity contribution in [3.63, 3.8) is 0 Å². The van der Waals surface area contributed by atoms with Crippen LogP contribution in [0.4, 0.5) is 18.9 Å². The number of amides is 3. The molecule has 2 aliphatic heterocycles. The first kappa shape index (κ1) is 28.3. The lowest BCUT2D eigenvalue weighted by atomic mass is 10.0. The van der Waals surface area contributed by atoms with Gasteiger partial charge in [0.05, 0.1) is 12.1 Å². The van der Waals surface area contributed by atoms with Gasteiger partial charge in [-0.1, -0.05) is 6.07 Å². The zero-order valence-electron chi connectivity index (χ0n) is 21.7. The zero-order valence-corrected chi connectivity index (χ0v) is 21.7. The van der Waals surface area contributed by atoms with Gasteiger partial charge in [-0.15, -0.1) is 0 Å². The van der Waals surface area contributed by atoms with E-state index in [0.29, 0.717) is 11.6 Å². The van der Waals surface area contributed by atoms with Gasteiger partial charge in [-0.3, -0.25) is 19.3 Å². The van der Waals surface area contributed by atoms with Gasteiger partial charge in [-0.2, -0.15) is 13.2 Å².